The van der Waals surface area contributed by atoms with E-state index in [1.807, 2.05) is 47.6 Å². The van der Waals surface area contributed by atoms with E-state index in [-0.39, 0.29) is 34.3 Å². The van der Waals surface area contributed by atoms with Gasteiger partial charge in [-0.05, 0) is 93.3 Å². The van der Waals surface area contributed by atoms with Crippen molar-refractivity contribution in [3.05, 3.63) is 70.5 Å². The summed E-state index contributed by atoms with van der Waals surface area (Å²) < 4.78 is 43.9. The lowest BCUT2D eigenvalue weighted by molar-refractivity contribution is 0.0184. The molecule has 2 aromatic carbocycles. The first-order valence-corrected chi connectivity index (χ1v) is 18.0. The summed E-state index contributed by atoms with van der Waals surface area (Å²) in [6, 6.07) is 11.7. The predicted molar refractivity (Wildman–Crippen MR) is 188 cm³/mol. The number of nitrogens with zero attached hydrogens (tertiary/aromatic N) is 2. The van der Waals surface area contributed by atoms with E-state index in [2.05, 4.69) is 15.0 Å². The zero-order valence-corrected chi connectivity index (χ0v) is 30.3. The Labute approximate surface area is 288 Å². The molecule has 0 radical (unpaired) electrons. The number of benzene rings is 2. The van der Waals surface area contributed by atoms with Crippen LogP contribution in [0.1, 0.15) is 76.0 Å². The number of nitrogens with one attached hydrogen (secondary N) is 2. The molecular weight excluding hydrogens is 656 g/mol. The molecule has 3 aromatic rings. The molecule has 260 valence electrons. The van der Waals surface area contributed by atoms with Crippen molar-refractivity contribution in [1.29, 1.82) is 0 Å². The number of aromatic nitrogens is 1. The Hall–Kier alpha value is -4.03. The standard InChI is InChI=1S/C35H45ClN4O7S/c1-34(2,3)24-19-28(31(45-7)29(20-24)39-48(8,43)44)38-32(41)23-9-10-27(36)30(18-23)46-26-11-14-37-25(21-26)17-22-12-15-40(16-13-22)33(42)47-35(4,5)6/h9-11,14,18-22,39H,12-13,15-17H2,1-8H3,(H,38,41). The fourth-order valence-corrected chi connectivity index (χ4v) is 5.97. The van der Waals surface area contributed by atoms with Gasteiger partial charge in [0.25, 0.3) is 5.91 Å². The molecular formula is C35H45ClN4O7S. The third kappa shape index (κ3) is 10.2. The number of anilines is 2. The van der Waals surface area contributed by atoms with Gasteiger partial charge in [0, 0.05) is 36.6 Å². The van der Waals surface area contributed by atoms with Crippen LogP contribution in [0, 0.1) is 5.92 Å². The molecule has 2 N–H and O–H groups in total. The smallest absolute Gasteiger partial charge is 0.410 e. The van der Waals surface area contributed by atoms with Crippen molar-refractivity contribution in [2.45, 2.75) is 71.8 Å². The predicted octanol–water partition coefficient (Wildman–Crippen LogP) is 7.65. The molecule has 1 saturated heterocycles. The van der Waals surface area contributed by atoms with Crippen LogP contribution in [-0.2, 0) is 26.6 Å². The fourth-order valence-electron chi connectivity index (χ4n) is 5.27. The Morgan fingerprint density at radius 1 is 1.00 bits per heavy atom. The van der Waals surface area contributed by atoms with Gasteiger partial charge in [-0.2, -0.15) is 0 Å². The summed E-state index contributed by atoms with van der Waals surface area (Å²) >= 11 is 6.49. The number of ether oxygens (including phenoxy) is 3. The number of amides is 2. The lowest BCUT2D eigenvalue weighted by atomic mass is 9.86. The zero-order chi connectivity index (χ0) is 35.4. The zero-order valence-electron chi connectivity index (χ0n) is 28.8. The van der Waals surface area contributed by atoms with Crippen LogP contribution >= 0.6 is 11.6 Å². The van der Waals surface area contributed by atoms with E-state index in [1.165, 1.54) is 7.11 Å². The maximum Gasteiger partial charge on any atom is 0.410 e. The van der Waals surface area contributed by atoms with E-state index in [0.29, 0.717) is 35.5 Å². The molecule has 4 rings (SSSR count). The highest BCUT2D eigenvalue weighted by Crippen LogP contribution is 2.40. The molecule has 0 saturated carbocycles. The molecule has 0 aliphatic carbocycles. The van der Waals surface area contributed by atoms with Crippen molar-refractivity contribution in [1.82, 2.24) is 9.88 Å². The lowest BCUT2D eigenvalue weighted by Gasteiger charge is -2.33. The molecule has 1 fully saturated rings. The Bertz CT molecular complexity index is 1760. The molecule has 2 heterocycles. The summed E-state index contributed by atoms with van der Waals surface area (Å²) in [7, 11) is -2.23. The molecule has 1 aliphatic heterocycles. The maximum atomic E-state index is 13.5. The van der Waals surface area contributed by atoms with Gasteiger partial charge in [-0.25, -0.2) is 13.2 Å². The van der Waals surface area contributed by atoms with Crippen LogP contribution in [0.25, 0.3) is 0 Å². The average Bonchev–Trinajstić information content (AvgIpc) is 2.96. The van der Waals surface area contributed by atoms with Gasteiger partial charge in [-0.3, -0.25) is 14.5 Å². The van der Waals surface area contributed by atoms with Gasteiger partial charge in [0.15, 0.2) is 5.75 Å². The highest BCUT2D eigenvalue weighted by atomic mass is 35.5. The van der Waals surface area contributed by atoms with Gasteiger partial charge in [-0.1, -0.05) is 32.4 Å². The van der Waals surface area contributed by atoms with Gasteiger partial charge >= 0.3 is 6.09 Å². The van der Waals surface area contributed by atoms with Gasteiger partial charge in [0.1, 0.15) is 17.1 Å². The second kappa shape index (κ2) is 14.6. The van der Waals surface area contributed by atoms with Crippen molar-refractivity contribution in [2.75, 3.05) is 36.5 Å². The molecule has 0 spiro atoms. The molecule has 48 heavy (non-hydrogen) atoms. The number of hydrogen-bond donors (Lipinski definition) is 2. The topological polar surface area (TPSA) is 136 Å². The van der Waals surface area contributed by atoms with Crippen LogP contribution in [0.15, 0.2) is 48.7 Å². The summed E-state index contributed by atoms with van der Waals surface area (Å²) in [5.41, 5.74) is 1.52. The minimum atomic E-state index is -3.63. The molecule has 0 unspecified atom stereocenters. The van der Waals surface area contributed by atoms with Gasteiger partial charge < -0.3 is 24.4 Å². The van der Waals surface area contributed by atoms with Crippen LogP contribution in [0.3, 0.4) is 0 Å². The Balaban J connectivity index is 1.48. The molecule has 0 bridgehead atoms. The van der Waals surface area contributed by atoms with Crippen molar-refractivity contribution in [2.24, 2.45) is 5.92 Å². The Morgan fingerprint density at radius 2 is 1.67 bits per heavy atom. The summed E-state index contributed by atoms with van der Waals surface area (Å²) in [5.74, 6) is 0.846. The molecule has 0 atom stereocenters. The van der Waals surface area contributed by atoms with Crippen molar-refractivity contribution >= 4 is 45.0 Å². The Morgan fingerprint density at radius 3 is 2.27 bits per heavy atom. The van der Waals surface area contributed by atoms with Crippen molar-refractivity contribution in [3.8, 4) is 17.2 Å². The first kappa shape index (κ1) is 36.8. The minimum Gasteiger partial charge on any atom is -0.492 e. The van der Waals surface area contributed by atoms with E-state index in [4.69, 9.17) is 25.8 Å². The Kier molecular flexibility index (Phi) is 11.2. The van der Waals surface area contributed by atoms with Crippen molar-refractivity contribution in [3.63, 3.8) is 0 Å². The number of sulfonamides is 1. The molecule has 1 aliphatic rings. The number of methoxy groups -OCH3 is 1. The molecule has 11 nitrogen and oxygen atoms in total. The molecule has 13 heteroatoms. The maximum absolute atomic E-state index is 13.5. The largest absolute Gasteiger partial charge is 0.492 e. The summed E-state index contributed by atoms with van der Waals surface area (Å²) in [4.78, 5) is 32.2. The van der Waals surface area contributed by atoms with E-state index in [9.17, 15) is 18.0 Å². The van der Waals surface area contributed by atoms with E-state index in [0.717, 1.165) is 36.8 Å². The normalized spacial score (nSPS) is 14.3. The second-order valence-electron chi connectivity index (χ2n) is 14.0. The highest BCUT2D eigenvalue weighted by Gasteiger charge is 2.27. The number of rotatable bonds is 9. The third-order valence-corrected chi connectivity index (χ3v) is 8.58. The fraction of sp³-hybridized carbons (Fsp3) is 0.457. The monoisotopic (exact) mass is 700 g/mol. The van der Waals surface area contributed by atoms with Crippen LogP contribution < -0.4 is 19.5 Å². The van der Waals surface area contributed by atoms with Crippen LogP contribution in [0.5, 0.6) is 17.2 Å². The number of carbonyl (C=O) groups is 2. The number of hydrogen-bond acceptors (Lipinski definition) is 8. The second-order valence-corrected chi connectivity index (χ2v) is 16.2. The van der Waals surface area contributed by atoms with Crippen LogP contribution in [-0.4, -0.2) is 62.4 Å². The minimum absolute atomic E-state index is 0.173. The number of halogens is 1. The first-order chi connectivity index (χ1) is 22.3. The quantitative estimate of drug-likeness (QED) is 0.232. The number of likely N-dealkylation sites (tertiary alicyclic amines) is 1. The highest BCUT2D eigenvalue weighted by molar-refractivity contribution is 7.92. The van der Waals surface area contributed by atoms with Crippen molar-refractivity contribution < 1.29 is 32.2 Å². The lowest BCUT2D eigenvalue weighted by Crippen LogP contribution is -2.42. The number of pyridine rings is 1. The average molecular weight is 701 g/mol. The van der Waals surface area contributed by atoms with E-state index < -0.39 is 21.5 Å². The van der Waals surface area contributed by atoms with Crippen LogP contribution in [0.2, 0.25) is 5.02 Å². The third-order valence-electron chi connectivity index (χ3n) is 7.68. The van der Waals surface area contributed by atoms with E-state index >= 15 is 0 Å². The van der Waals surface area contributed by atoms with Gasteiger partial charge in [0.2, 0.25) is 10.0 Å². The van der Waals surface area contributed by atoms with Gasteiger partial charge in [0.05, 0.1) is 29.8 Å². The summed E-state index contributed by atoms with van der Waals surface area (Å²) in [6.45, 7) is 12.8. The van der Waals surface area contributed by atoms with E-state index in [1.54, 1.807) is 47.5 Å². The molecule has 2 amide bonds. The first-order valence-electron chi connectivity index (χ1n) is 15.7. The number of carbonyl (C=O) groups excluding carboxylic acids is 2. The summed E-state index contributed by atoms with van der Waals surface area (Å²) in [5, 5.41) is 3.17. The summed E-state index contributed by atoms with van der Waals surface area (Å²) in [6.07, 6.45) is 4.83. The van der Waals surface area contributed by atoms with Gasteiger partial charge in [-0.15, -0.1) is 0 Å². The van der Waals surface area contributed by atoms with Crippen LogP contribution in [0.4, 0.5) is 16.2 Å². The molecule has 1 aromatic heterocycles. The number of piperidine rings is 1. The SMILES string of the molecule is COc1c(NC(=O)c2ccc(Cl)c(Oc3ccnc(CC4CCN(C(=O)OC(C)(C)C)CC4)c3)c2)cc(C(C)(C)C)cc1NS(C)(=O)=O.